The summed E-state index contributed by atoms with van der Waals surface area (Å²) in [5, 5.41) is 2.75. The third-order valence-corrected chi connectivity index (χ3v) is 12.5. The maximum atomic E-state index is 2.48. The Hall–Kier alpha value is -6.18. The summed E-state index contributed by atoms with van der Waals surface area (Å²) in [4.78, 5) is 2.47. The molecule has 1 nitrogen and oxygen atoms in total. The van der Waals surface area contributed by atoms with Crippen molar-refractivity contribution in [2.75, 3.05) is 4.90 Å². The number of hydrogen-bond acceptors (Lipinski definition) is 1. The van der Waals surface area contributed by atoms with E-state index in [2.05, 4.69) is 200 Å². The average molecular weight is 708 g/mol. The van der Waals surface area contributed by atoms with Crippen molar-refractivity contribution in [1.82, 2.24) is 0 Å². The number of hydrogen-bond donors (Lipinski definition) is 0. The van der Waals surface area contributed by atoms with Crippen LogP contribution in [-0.4, -0.2) is 0 Å². The number of rotatable bonds is 7. The van der Waals surface area contributed by atoms with Crippen LogP contribution in [0.2, 0.25) is 0 Å². The van der Waals surface area contributed by atoms with Crippen molar-refractivity contribution < 1.29 is 0 Å². The average Bonchev–Trinajstić information content (AvgIpc) is 3.55. The molecule has 8 aromatic rings. The van der Waals surface area contributed by atoms with Crippen molar-refractivity contribution in [3.8, 4) is 22.3 Å². The molecule has 10 rings (SSSR count). The molecule has 0 amide bonds. The molecular formula is C54H45N. The molecule has 1 saturated carbocycles. The Balaban J connectivity index is 1.17. The topological polar surface area (TPSA) is 3.24 Å². The number of benzene rings is 8. The van der Waals surface area contributed by atoms with Gasteiger partial charge >= 0.3 is 0 Å². The lowest BCUT2D eigenvalue weighted by Crippen LogP contribution is -2.28. The fourth-order valence-corrected chi connectivity index (χ4v) is 9.97. The van der Waals surface area contributed by atoms with Gasteiger partial charge in [-0.3, -0.25) is 0 Å². The number of fused-ring (bicyclic) bond motifs is 4. The van der Waals surface area contributed by atoms with Crippen LogP contribution >= 0.6 is 0 Å². The molecular weight excluding hydrogens is 663 g/mol. The van der Waals surface area contributed by atoms with Crippen LogP contribution < -0.4 is 4.90 Å². The summed E-state index contributed by atoms with van der Waals surface area (Å²) in [5.74, 6) is 0.653. The predicted molar refractivity (Wildman–Crippen MR) is 232 cm³/mol. The molecule has 0 aliphatic heterocycles. The van der Waals surface area contributed by atoms with Crippen molar-refractivity contribution in [1.29, 1.82) is 0 Å². The lowest BCUT2D eigenvalue weighted by Gasteiger charge is -2.35. The molecule has 8 aromatic carbocycles. The molecule has 0 N–H and O–H groups in total. The van der Waals surface area contributed by atoms with Gasteiger partial charge in [0, 0.05) is 17.1 Å². The van der Waals surface area contributed by atoms with Gasteiger partial charge in [0.05, 0.1) is 5.41 Å². The van der Waals surface area contributed by atoms with Gasteiger partial charge in [-0.25, -0.2) is 0 Å². The molecule has 0 atom stereocenters. The van der Waals surface area contributed by atoms with Crippen LogP contribution in [0.5, 0.6) is 0 Å². The van der Waals surface area contributed by atoms with E-state index >= 15 is 0 Å². The summed E-state index contributed by atoms with van der Waals surface area (Å²) < 4.78 is 0. The SMILES string of the molecule is Cc1ccccc1N(c1cccc(-c2ccc(C3CCCCC3)c3ccccc23)c1)c1ccc2c(c1)C(c1ccccc1)(c1ccccc1)c1ccccc1-2. The second-order valence-corrected chi connectivity index (χ2v) is 15.5. The summed E-state index contributed by atoms with van der Waals surface area (Å²) in [6, 6.07) is 70.3. The van der Waals surface area contributed by atoms with E-state index in [-0.39, 0.29) is 0 Å². The highest BCUT2D eigenvalue weighted by molar-refractivity contribution is 6.00. The van der Waals surface area contributed by atoms with Crippen molar-refractivity contribution >= 4 is 27.8 Å². The second kappa shape index (κ2) is 13.9. The van der Waals surface area contributed by atoms with Gasteiger partial charge in [0.25, 0.3) is 0 Å². The molecule has 0 aromatic heterocycles. The minimum Gasteiger partial charge on any atom is -0.310 e. The normalized spacial score (nSPS) is 14.7. The quantitative estimate of drug-likeness (QED) is 0.159. The Kier molecular flexibility index (Phi) is 8.44. The summed E-state index contributed by atoms with van der Waals surface area (Å²) in [6.07, 6.45) is 6.64. The van der Waals surface area contributed by atoms with Crippen molar-refractivity contribution in [3.63, 3.8) is 0 Å². The lowest BCUT2D eigenvalue weighted by molar-refractivity contribution is 0.445. The summed E-state index contributed by atoms with van der Waals surface area (Å²) in [6.45, 7) is 2.23. The van der Waals surface area contributed by atoms with Gasteiger partial charge in [0.15, 0.2) is 0 Å². The van der Waals surface area contributed by atoms with Gasteiger partial charge in [-0.15, -0.1) is 0 Å². The van der Waals surface area contributed by atoms with E-state index in [1.54, 1.807) is 0 Å². The lowest BCUT2D eigenvalue weighted by atomic mass is 9.67. The zero-order chi connectivity index (χ0) is 36.8. The second-order valence-electron chi connectivity index (χ2n) is 15.5. The van der Waals surface area contributed by atoms with Crippen molar-refractivity contribution in [2.45, 2.75) is 50.4 Å². The standard InChI is InChI=1S/C54H45N/c1-38-18-11-16-31-53(38)55(43-26-17-21-40(36-43)46-35-34-45(39-19-5-2-6-20-39)47-27-12-13-28-48(46)47)44-32-33-50-49-29-14-15-30-51(49)54(52(50)37-44,41-22-7-3-8-23-41)42-24-9-4-10-25-42/h3-4,7-18,21-37,39H,2,5-6,19-20H2,1H3. The Bertz CT molecular complexity index is 2610. The molecule has 0 saturated heterocycles. The molecule has 2 aliphatic rings. The molecule has 0 unspecified atom stereocenters. The maximum absolute atomic E-state index is 2.48. The Morgan fingerprint density at radius 3 is 1.84 bits per heavy atom. The first-order chi connectivity index (χ1) is 27.2. The zero-order valence-corrected chi connectivity index (χ0v) is 31.5. The van der Waals surface area contributed by atoms with Crippen LogP contribution in [0.4, 0.5) is 17.1 Å². The highest BCUT2D eigenvalue weighted by Crippen LogP contribution is 2.57. The smallest absolute Gasteiger partial charge is 0.0714 e. The third-order valence-electron chi connectivity index (χ3n) is 12.5. The van der Waals surface area contributed by atoms with Gasteiger partial charge in [-0.05, 0) is 122 Å². The van der Waals surface area contributed by atoms with E-state index in [0.717, 1.165) is 11.4 Å². The molecule has 2 aliphatic carbocycles. The first-order valence-electron chi connectivity index (χ1n) is 20.0. The van der Waals surface area contributed by atoms with Crippen LogP contribution in [0.1, 0.15) is 71.4 Å². The van der Waals surface area contributed by atoms with Crippen LogP contribution in [0.3, 0.4) is 0 Å². The minimum atomic E-state index is -0.470. The van der Waals surface area contributed by atoms with Crippen LogP contribution in [0, 0.1) is 6.92 Å². The summed E-state index contributed by atoms with van der Waals surface area (Å²) in [7, 11) is 0. The fraction of sp³-hybridized carbons (Fsp3) is 0.148. The van der Waals surface area contributed by atoms with E-state index in [0.29, 0.717) is 5.92 Å². The Labute approximate surface area is 325 Å². The van der Waals surface area contributed by atoms with Crippen molar-refractivity contribution in [3.05, 3.63) is 221 Å². The minimum absolute atomic E-state index is 0.470. The third kappa shape index (κ3) is 5.52. The number of nitrogens with zero attached hydrogens (tertiary/aromatic N) is 1. The number of aryl methyl sites for hydroxylation is 1. The highest BCUT2D eigenvalue weighted by Gasteiger charge is 2.46. The highest BCUT2D eigenvalue weighted by atomic mass is 15.1. The van der Waals surface area contributed by atoms with E-state index in [9.17, 15) is 0 Å². The van der Waals surface area contributed by atoms with Gasteiger partial charge in [-0.2, -0.15) is 0 Å². The molecule has 1 heteroatoms. The van der Waals surface area contributed by atoms with Crippen LogP contribution in [0.25, 0.3) is 33.0 Å². The van der Waals surface area contributed by atoms with E-state index in [1.807, 2.05) is 0 Å². The number of para-hydroxylation sites is 1. The fourth-order valence-electron chi connectivity index (χ4n) is 9.97. The first-order valence-corrected chi connectivity index (χ1v) is 20.0. The monoisotopic (exact) mass is 707 g/mol. The van der Waals surface area contributed by atoms with Crippen LogP contribution in [-0.2, 0) is 5.41 Å². The molecule has 0 radical (unpaired) electrons. The van der Waals surface area contributed by atoms with E-state index in [1.165, 1.54) is 104 Å². The Morgan fingerprint density at radius 2 is 1.07 bits per heavy atom. The van der Waals surface area contributed by atoms with Crippen molar-refractivity contribution in [2.24, 2.45) is 0 Å². The largest absolute Gasteiger partial charge is 0.310 e. The van der Waals surface area contributed by atoms with E-state index in [4.69, 9.17) is 0 Å². The summed E-state index contributed by atoms with van der Waals surface area (Å²) >= 11 is 0. The molecule has 55 heavy (non-hydrogen) atoms. The number of anilines is 3. The van der Waals surface area contributed by atoms with Gasteiger partial charge in [0.1, 0.15) is 0 Å². The molecule has 266 valence electrons. The first kappa shape index (κ1) is 33.4. The Morgan fingerprint density at radius 1 is 0.455 bits per heavy atom. The van der Waals surface area contributed by atoms with Gasteiger partial charge in [0.2, 0.25) is 0 Å². The zero-order valence-electron chi connectivity index (χ0n) is 31.5. The maximum Gasteiger partial charge on any atom is 0.0714 e. The van der Waals surface area contributed by atoms with E-state index < -0.39 is 5.41 Å². The molecule has 1 fully saturated rings. The van der Waals surface area contributed by atoms with Gasteiger partial charge in [-0.1, -0.05) is 177 Å². The summed E-state index contributed by atoms with van der Waals surface area (Å²) in [5.41, 5.74) is 16.1. The van der Waals surface area contributed by atoms with Gasteiger partial charge < -0.3 is 4.90 Å². The van der Waals surface area contributed by atoms with Crippen LogP contribution in [0.15, 0.2) is 188 Å². The molecule has 0 bridgehead atoms. The molecule has 0 spiro atoms. The predicted octanol–water partition coefficient (Wildman–Crippen LogP) is 14.7. The molecule has 0 heterocycles.